The quantitative estimate of drug-likeness (QED) is 0.226. The van der Waals surface area contributed by atoms with Gasteiger partial charge in [0.2, 0.25) is 5.75 Å². The number of halogens is 1. The molecule has 4 aromatic carbocycles. The Morgan fingerprint density at radius 1 is 0.895 bits per heavy atom. The lowest BCUT2D eigenvalue weighted by Crippen LogP contribution is -2.20. The van der Waals surface area contributed by atoms with Crippen molar-refractivity contribution >= 4 is 28.7 Å². The molecular formula is C30H24ClN3O4. The molecule has 0 amide bonds. The highest BCUT2D eigenvalue weighted by atomic mass is 35.5. The monoisotopic (exact) mass is 525 g/mol. The molecule has 5 rings (SSSR count). The second kappa shape index (κ2) is 11.2. The molecule has 0 aliphatic heterocycles. The number of hydrogen-bond acceptors (Lipinski definition) is 6. The molecular weight excluding hydrogens is 502 g/mol. The third kappa shape index (κ3) is 5.23. The van der Waals surface area contributed by atoms with Gasteiger partial charge in [0.25, 0.3) is 5.56 Å². The fourth-order valence-electron chi connectivity index (χ4n) is 3.98. The van der Waals surface area contributed by atoms with Crippen LogP contribution in [0.3, 0.4) is 0 Å². The average Bonchev–Trinajstić information content (AvgIpc) is 2.96. The lowest BCUT2D eigenvalue weighted by molar-refractivity contribution is 0.266. The minimum absolute atomic E-state index is 0.271. The zero-order chi connectivity index (χ0) is 26.5. The first kappa shape index (κ1) is 25.0. The highest BCUT2D eigenvalue weighted by Crippen LogP contribution is 2.38. The van der Waals surface area contributed by atoms with Gasteiger partial charge in [-0.25, -0.2) is 4.98 Å². The largest absolute Gasteiger partial charge is 0.493 e. The summed E-state index contributed by atoms with van der Waals surface area (Å²) < 4.78 is 18.5. The predicted octanol–water partition coefficient (Wildman–Crippen LogP) is 6.20. The molecule has 0 bridgehead atoms. The van der Waals surface area contributed by atoms with Gasteiger partial charge >= 0.3 is 0 Å². The van der Waals surface area contributed by atoms with Gasteiger partial charge in [0.05, 0.1) is 31.3 Å². The van der Waals surface area contributed by atoms with Crippen molar-refractivity contribution in [3.05, 3.63) is 117 Å². The van der Waals surface area contributed by atoms with Crippen molar-refractivity contribution in [3.8, 4) is 28.6 Å². The molecule has 1 heterocycles. The molecule has 0 aliphatic carbocycles. The Morgan fingerprint density at radius 2 is 1.55 bits per heavy atom. The zero-order valence-corrected chi connectivity index (χ0v) is 21.6. The molecule has 5 aromatic rings. The van der Waals surface area contributed by atoms with E-state index in [1.807, 2.05) is 66.7 Å². The van der Waals surface area contributed by atoms with E-state index in [9.17, 15) is 4.79 Å². The lowest BCUT2D eigenvalue weighted by atomic mass is 10.2. The minimum Gasteiger partial charge on any atom is -0.493 e. The molecule has 0 fully saturated rings. The summed E-state index contributed by atoms with van der Waals surface area (Å²) in [5.74, 6) is 1.82. The Hall–Kier alpha value is -4.62. The highest BCUT2D eigenvalue weighted by molar-refractivity contribution is 6.30. The molecule has 38 heavy (non-hydrogen) atoms. The maximum atomic E-state index is 13.4. The Labute approximate surface area is 224 Å². The van der Waals surface area contributed by atoms with Crippen LogP contribution < -0.4 is 19.8 Å². The van der Waals surface area contributed by atoms with E-state index in [2.05, 4.69) is 5.10 Å². The Kier molecular flexibility index (Phi) is 7.38. The number of aromatic nitrogens is 2. The van der Waals surface area contributed by atoms with Crippen molar-refractivity contribution in [2.75, 3.05) is 14.2 Å². The Bertz CT molecular complexity index is 1640. The minimum atomic E-state index is -0.271. The fourth-order valence-corrected chi connectivity index (χ4v) is 4.11. The van der Waals surface area contributed by atoms with Gasteiger partial charge < -0.3 is 14.2 Å². The van der Waals surface area contributed by atoms with E-state index in [1.165, 1.54) is 4.68 Å². The van der Waals surface area contributed by atoms with Crippen LogP contribution in [0.4, 0.5) is 0 Å². The van der Waals surface area contributed by atoms with Gasteiger partial charge in [0, 0.05) is 16.1 Å². The fraction of sp³-hybridized carbons (Fsp3) is 0.100. The summed E-state index contributed by atoms with van der Waals surface area (Å²) in [6.45, 7) is 0.302. The van der Waals surface area contributed by atoms with Gasteiger partial charge in [-0.2, -0.15) is 9.78 Å². The molecule has 1 aromatic heterocycles. The number of fused-ring (bicyclic) bond motifs is 1. The zero-order valence-electron chi connectivity index (χ0n) is 20.8. The first-order valence-corrected chi connectivity index (χ1v) is 12.2. The summed E-state index contributed by atoms with van der Waals surface area (Å²) in [6.07, 6.45) is 1.57. The SMILES string of the molecule is COc1cc(C=Nn2c(-c3ccccc3)nc3ccccc3c2=O)cc(OC)c1OCc1ccc(Cl)cc1. The summed E-state index contributed by atoms with van der Waals surface area (Å²) in [6, 6.07) is 27.6. The molecule has 0 radical (unpaired) electrons. The molecule has 0 atom stereocenters. The van der Waals surface area contributed by atoms with Crippen LogP contribution in [0.2, 0.25) is 5.02 Å². The topological polar surface area (TPSA) is 74.9 Å². The van der Waals surface area contributed by atoms with Crippen molar-refractivity contribution in [1.82, 2.24) is 9.66 Å². The molecule has 0 unspecified atom stereocenters. The van der Waals surface area contributed by atoms with Crippen LogP contribution >= 0.6 is 11.6 Å². The van der Waals surface area contributed by atoms with E-state index >= 15 is 0 Å². The summed E-state index contributed by atoms with van der Waals surface area (Å²) >= 11 is 5.98. The van der Waals surface area contributed by atoms with Crippen LogP contribution in [0.25, 0.3) is 22.3 Å². The smallest absolute Gasteiger partial charge is 0.282 e. The molecule has 190 valence electrons. The molecule has 7 nitrogen and oxygen atoms in total. The molecule has 0 N–H and O–H groups in total. The first-order valence-electron chi connectivity index (χ1n) is 11.8. The Balaban J connectivity index is 1.53. The molecule has 0 saturated heterocycles. The summed E-state index contributed by atoms with van der Waals surface area (Å²) in [5, 5.41) is 5.67. The van der Waals surface area contributed by atoms with Crippen LogP contribution in [-0.4, -0.2) is 30.1 Å². The normalized spacial score (nSPS) is 11.1. The van der Waals surface area contributed by atoms with E-state index in [0.717, 1.165) is 11.1 Å². The van der Waals surface area contributed by atoms with E-state index in [4.69, 9.17) is 30.8 Å². The summed E-state index contributed by atoms with van der Waals surface area (Å²) in [4.78, 5) is 18.1. The van der Waals surface area contributed by atoms with Crippen LogP contribution in [0.15, 0.2) is 101 Å². The predicted molar refractivity (Wildman–Crippen MR) is 150 cm³/mol. The Morgan fingerprint density at radius 3 is 2.24 bits per heavy atom. The second-order valence-electron chi connectivity index (χ2n) is 8.35. The van der Waals surface area contributed by atoms with Gasteiger partial charge in [-0.15, -0.1) is 0 Å². The maximum absolute atomic E-state index is 13.4. The van der Waals surface area contributed by atoms with Crippen molar-refractivity contribution in [2.24, 2.45) is 5.10 Å². The van der Waals surface area contributed by atoms with Gasteiger partial charge in [-0.05, 0) is 42.0 Å². The molecule has 0 spiro atoms. The molecule has 0 saturated carbocycles. The van der Waals surface area contributed by atoms with Crippen molar-refractivity contribution in [2.45, 2.75) is 6.61 Å². The second-order valence-corrected chi connectivity index (χ2v) is 8.79. The summed E-state index contributed by atoms with van der Waals surface area (Å²) in [7, 11) is 3.10. The number of hydrogen-bond donors (Lipinski definition) is 0. The van der Waals surface area contributed by atoms with Crippen molar-refractivity contribution < 1.29 is 14.2 Å². The van der Waals surface area contributed by atoms with Gasteiger partial charge in [-0.3, -0.25) is 4.79 Å². The number of benzene rings is 4. The number of rotatable bonds is 8. The average molecular weight is 526 g/mol. The van der Waals surface area contributed by atoms with Crippen LogP contribution in [0, 0.1) is 0 Å². The summed E-state index contributed by atoms with van der Waals surface area (Å²) in [5.41, 5.74) is 2.70. The van der Waals surface area contributed by atoms with Crippen LogP contribution in [-0.2, 0) is 6.61 Å². The molecule has 8 heteroatoms. The van der Waals surface area contributed by atoms with E-state index in [-0.39, 0.29) is 5.56 Å². The van der Waals surface area contributed by atoms with Crippen LogP contribution in [0.5, 0.6) is 17.2 Å². The van der Waals surface area contributed by atoms with Crippen molar-refractivity contribution in [1.29, 1.82) is 0 Å². The number of ether oxygens (including phenoxy) is 3. The van der Waals surface area contributed by atoms with Gasteiger partial charge in [0.15, 0.2) is 17.3 Å². The number of methoxy groups -OCH3 is 2. The third-order valence-corrected chi connectivity index (χ3v) is 6.14. The standard InChI is InChI=1S/C30H24ClN3O4/c1-36-26-16-21(17-27(37-2)28(26)38-19-20-12-14-23(31)15-13-20)18-32-34-29(22-8-4-3-5-9-22)33-25-11-7-6-10-24(25)30(34)35/h3-18H,19H2,1-2H3. The first-order chi connectivity index (χ1) is 18.6. The lowest BCUT2D eigenvalue weighted by Gasteiger charge is -2.15. The highest BCUT2D eigenvalue weighted by Gasteiger charge is 2.15. The third-order valence-electron chi connectivity index (χ3n) is 5.89. The number of nitrogens with zero attached hydrogens (tertiary/aromatic N) is 3. The van der Waals surface area contributed by atoms with E-state index < -0.39 is 0 Å². The maximum Gasteiger partial charge on any atom is 0.282 e. The van der Waals surface area contributed by atoms with E-state index in [1.54, 1.807) is 44.7 Å². The van der Waals surface area contributed by atoms with Crippen LogP contribution in [0.1, 0.15) is 11.1 Å². The molecule has 0 aliphatic rings. The van der Waals surface area contributed by atoms with Crippen molar-refractivity contribution in [3.63, 3.8) is 0 Å². The number of para-hydroxylation sites is 1. The van der Waals surface area contributed by atoms with E-state index in [0.29, 0.717) is 51.2 Å². The van der Waals surface area contributed by atoms with Gasteiger partial charge in [0.1, 0.15) is 6.61 Å². The van der Waals surface area contributed by atoms with Gasteiger partial charge in [-0.1, -0.05) is 66.2 Å².